The molecule has 3 N–H and O–H groups in total. The van der Waals surface area contributed by atoms with E-state index < -0.39 is 0 Å². The summed E-state index contributed by atoms with van der Waals surface area (Å²) in [4.78, 5) is 11.4. The molecule has 94 valence electrons. The molecule has 1 heterocycles. The molecular weight excluding hydrogens is 240 g/mol. The second-order valence-electron chi connectivity index (χ2n) is 4.16. The molecule has 0 aliphatic heterocycles. The molecule has 0 amide bonds. The lowest BCUT2D eigenvalue weighted by molar-refractivity contribution is -0.146. The van der Waals surface area contributed by atoms with Gasteiger partial charge >= 0.3 is 5.97 Å². The fourth-order valence-electron chi connectivity index (χ4n) is 2.20. The number of hydrogen-bond donors (Lipinski definition) is 2. The van der Waals surface area contributed by atoms with Crippen molar-refractivity contribution in [1.82, 2.24) is 10.2 Å². The summed E-state index contributed by atoms with van der Waals surface area (Å²) >= 11 is 1.48. The number of nitrogens with zero attached hydrogens (tertiary/aromatic N) is 2. The molecule has 1 aromatic rings. The summed E-state index contributed by atoms with van der Waals surface area (Å²) in [5.74, 6) is 5.63. The molecule has 1 saturated carbocycles. The van der Waals surface area contributed by atoms with E-state index in [0.29, 0.717) is 11.0 Å². The van der Waals surface area contributed by atoms with Crippen molar-refractivity contribution in [1.29, 1.82) is 0 Å². The lowest BCUT2D eigenvalue weighted by atomic mass is 9.82. The lowest BCUT2D eigenvalue weighted by Crippen LogP contribution is -2.22. The van der Waals surface area contributed by atoms with Gasteiger partial charge in [0.15, 0.2) is 0 Å². The summed E-state index contributed by atoms with van der Waals surface area (Å²) in [7, 11) is 1.44. The third kappa shape index (κ3) is 2.73. The maximum absolute atomic E-state index is 11.4. The number of aromatic nitrogens is 2. The fraction of sp³-hybridized carbons (Fsp3) is 0.700. The van der Waals surface area contributed by atoms with Gasteiger partial charge in [-0.25, -0.2) is 5.84 Å². The minimum atomic E-state index is -0.0926. The van der Waals surface area contributed by atoms with Gasteiger partial charge in [0.25, 0.3) is 0 Å². The van der Waals surface area contributed by atoms with Crippen LogP contribution in [0.1, 0.15) is 36.6 Å². The van der Waals surface area contributed by atoms with Crippen molar-refractivity contribution in [2.24, 2.45) is 11.8 Å². The molecule has 7 heteroatoms. The molecule has 0 unspecified atom stereocenters. The van der Waals surface area contributed by atoms with Crippen molar-refractivity contribution in [2.45, 2.75) is 31.6 Å². The highest BCUT2D eigenvalue weighted by atomic mass is 32.1. The van der Waals surface area contributed by atoms with Gasteiger partial charge in [0.1, 0.15) is 5.01 Å². The molecule has 0 atom stereocenters. The molecule has 0 spiro atoms. The molecule has 2 rings (SSSR count). The van der Waals surface area contributed by atoms with Crippen molar-refractivity contribution in [2.75, 3.05) is 12.5 Å². The van der Waals surface area contributed by atoms with Gasteiger partial charge in [0.2, 0.25) is 5.13 Å². The van der Waals surface area contributed by atoms with Crippen molar-refractivity contribution >= 4 is 22.4 Å². The highest BCUT2D eigenvalue weighted by molar-refractivity contribution is 7.15. The van der Waals surface area contributed by atoms with Crippen LogP contribution in [0.15, 0.2) is 0 Å². The van der Waals surface area contributed by atoms with E-state index >= 15 is 0 Å². The topological polar surface area (TPSA) is 90.1 Å². The Hall–Kier alpha value is -1.21. The SMILES string of the molecule is COC(=O)[C@H]1CC[C@H](c2nnc(NN)s2)CC1. The van der Waals surface area contributed by atoms with Gasteiger partial charge in [-0.1, -0.05) is 11.3 Å². The highest BCUT2D eigenvalue weighted by Crippen LogP contribution is 2.37. The molecule has 1 aromatic heterocycles. The summed E-state index contributed by atoms with van der Waals surface area (Å²) < 4.78 is 4.76. The van der Waals surface area contributed by atoms with Crippen LogP contribution in [-0.2, 0) is 9.53 Å². The van der Waals surface area contributed by atoms with Gasteiger partial charge in [0, 0.05) is 5.92 Å². The number of hydrogen-bond acceptors (Lipinski definition) is 7. The molecular formula is C10H16N4O2S. The number of methoxy groups -OCH3 is 1. The molecule has 1 aliphatic carbocycles. The number of carbonyl (C=O) groups excluding carboxylic acids is 1. The van der Waals surface area contributed by atoms with Gasteiger partial charge < -0.3 is 4.74 Å². The maximum atomic E-state index is 11.4. The third-order valence-electron chi connectivity index (χ3n) is 3.18. The third-order valence-corrected chi connectivity index (χ3v) is 4.19. The lowest BCUT2D eigenvalue weighted by Gasteiger charge is -2.24. The van der Waals surface area contributed by atoms with Crippen LogP contribution in [0.25, 0.3) is 0 Å². The van der Waals surface area contributed by atoms with Crippen LogP contribution in [0.5, 0.6) is 0 Å². The van der Waals surface area contributed by atoms with Crippen LogP contribution in [0.2, 0.25) is 0 Å². The van der Waals surface area contributed by atoms with E-state index in [9.17, 15) is 4.79 Å². The summed E-state index contributed by atoms with van der Waals surface area (Å²) in [5, 5.41) is 9.67. The van der Waals surface area contributed by atoms with Crippen LogP contribution in [0.3, 0.4) is 0 Å². The van der Waals surface area contributed by atoms with E-state index in [-0.39, 0.29) is 11.9 Å². The monoisotopic (exact) mass is 256 g/mol. The quantitative estimate of drug-likeness (QED) is 0.481. The average Bonchev–Trinajstić information content (AvgIpc) is 2.87. The number of nitrogens with one attached hydrogen (secondary N) is 1. The normalized spacial score (nSPS) is 24.4. The van der Waals surface area contributed by atoms with E-state index in [2.05, 4.69) is 15.6 Å². The highest BCUT2D eigenvalue weighted by Gasteiger charge is 2.29. The smallest absolute Gasteiger partial charge is 0.308 e. The summed E-state index contributed by atoms with van der Waals surface area (Å²) in [6, 6.07) is 0. The Morgan fingerprint density at radius 1 is 1.41 bits per heavy atom. The number of rotatable bonds is 3. The van der Waals surface area contributed by atoms with Gasteiger partial charge in [-0.15, -0.1) is 10.2 Å². The minimum Gasteiger partial charge on any atom is -0.469 e. The fourth-order valence-corrected chi connectivity index (χ4v) is 3.02. The standard InChI is InChI=1S/C10H16N4O2S/c1-16-9(15)7-4-2-6(3-5-7)8-13-14-10(12-11)17-8/h6-7H,2-5,11H2,1H3,(H,12,14)/t6-,7-. The van der Waals surface area contributed by atoms with Crippen LogP contribution < -0.4 is 11.3 Å². The Morgan fingerprint density at radius 3 is 2.65 bits per heavy atom. The Bertz CT molecular complexity index is 387. The zero-order chi connectivity index (χ0) is 12.3. The van der Waals surface area contributed by atoms with E-state index in [1.54, 1.807) is 0 Å². The summed E-state index contributed by atoms with van der Waals surface area (Å²) in [6.07, 6.45) is 3.64. The van der Waals surface area contributed by atoms with Crippen LogP contribution >= 0.6 is 11.3 Å². The number of carbonyl (C=O) groups is 1. The van der Waals surface area contributed by atoms with E-state index in [0.717, 1.165) is 30.7 Å². The average molecular weight is 256 g/mol. The predicted octanol–water partition coefficient (Wildman–Crippen LogP) is 1.27. The van der Waals surface area contributed by atoms with E-state index in [4.69, 9.17) is 10.6 Å². The van der Waals surface area contributed by atoms with E-state index in [1.807, 2.05) is 0 Å². The minimum absolute atomic E-state index is 0.0521. The van der Waals surface area contributed by atoms with Gasteiger partial charge in [-0.2, -0.15) is 0 Å². The van der Waals surface area contributed by atoms with Crippen LogP contribution in [0, 0.1) is 5.92 Å². The zero-order valence-electron chi connectivity index (χ0n) is 9.68. The molecule has 0 radical (unpaired) electrons. The summed E-state index contributed by atoms with van der Waals surface area (Å²) in [5.41, 5.74) is 2.49. The van der Waals surface area contributed by atoms with Gasteiger partial charge in [-0.05, 0) is 25.7 Å². The van der Waals surface area contributed by atoms with Crippen LogP contribution in [0.4, 0.5) is 5.13 Å². The number of ether oxygens (including phenoxy) is 1. The van der Waals surface area contributed by atoms with Crippen molar-refractivity contribution in [3.8, 4) is 0 Å². The van der Waals surface area contributed by atoms with E-state index in [1.165, 1.54) is 18.4 Å². The first-order chi connectivity index (χ1) is 8.24. The largest absolute Gasteiger partial charge is 0.469 e. The van der Waals surface area contributed by atoms with Crippen LogP contribution in [-0.4, -0.2) is 23.3 Å². The van der Waals surface area contributed by atoms with Crippen molar-refractivity contribution in [3.05, 3.63) is 5.01 Å². The molecule has 6 nitrogen and oxygen atoms in total. The molecule has 0 bridgehead atoms. The number of nitrogen functional groups attached to an aromatic ring is 1. The predicted molar refractivity (Wildman–Crippen MR) is 64.4 cm³/mol. The van der Waals surface area contributed by atoms with Gasteiger partial charge in [0.05, 0.1) is 13.0 Å². The molecule has 17 heavy (non-hydrogen) atoms. The first kappa shape index (κ1) is 12.3. The number of hydrazine groups is 1. The number of nitrogens with two attached hydrogens (primary N) is 1. The Kier molecular flexibility index (Phi) is 3.90. The summed E-state index contributed by atoms with van der Waals surface area (Å²) in [6.45, 7) is 0. The molecule has 0 saturated heterocycles. The Morgan fingerprint density at radius 2 is 2.12 bits per heavy atom. The molecule has 1 aliphatic rings. The number of anilines is 1. The first-order valence-electron chi connectivity index (χ1n) is 5.62. The van der Waals surface area contributed by atoms with Crippen molar-refractivity contribution in [3.63, 3.8) is 0 Å². The van der Waals surface area contributed by atoms with Gasteiger partial charge in [-0.3, -0.25) is 10.2 Å². The Balaban J connectivity index is 1.92. The van der Waals surface area contributed by atoms with Crippen molar-refractivity contribution < 1.29 is 9.53 Å². The Labute approximate surface area is 104 Å². The first-order valence-corrected chi connectivity index (χ1v) is 6.44. The second-order valence-corrected chi connectivity index (χ2v) is 5.17. The molecule has 1 fully saturated rings. The number of esters is 1. The maximum Gasteiger partial charge on any atom is 0.308 e. The second kappa shape index (κ2) is 5.42. The molecule has 0 aromatic carbocycles. The zero-order valence-corrected chi connectivity index (χ0v) is 10.5.